The molecule has 1 heterocycles. The second kappa shape index (κ2) is 6.93. The first kappa shape index (κ1) is 19.1. The van der Waals surface area contributed by atoms with Crippen LogP contribution < -0.4 is 5.32 Å². The summed E-state index contributed by atoms with van der Waals surface area (Å²) in [7, 11) is 0. The van der Waals surface area contributed by atoms with Crippen molar-refractivity contribution in [2.24, 2.45) is 0 Å². The Morgan fingerprint density at radius 2 is 1.96 bits per heavy atom. The highest BCUT2D eigenvalue weighted by atomic mass is 19.4. The normalized spacial score (nSPS) is 12.4. The molecule has 0 radical (unpaired) electrons. The van der Waals surface area contributed by atoms with Gasteiger partial charge in [0.05, 0.1) is 16.6 Å². The molecule has 1 aromatic heterocycles. The smallest absolute Gasteiger partial charge is 0.416 e. The van der Waals surface area contributed by atoms with Crippen molar-refractivity contribution in [1.82, 2.24) is 14.9 Å². The molecule has 25 heavy (non-hydrogen) atoms. The summed E-state index contributed by atoms with van der Waals surface area (Å²) in [5.41, 5.74) is -0.353. The fraction of sp³-hybridized carbons (Fsp3) is 0.529. The molecule has 0 saturated heterocycles. The largest absolute Gasteiger partial charge is 0.444 e. The number of benzene rings is 1. The molecule has 5 nitrogen and oxygen atoms in total. The molecule has 0 aliphatic rings. The molecule has 1 amide bonds. The SMILES string of the molecule is CCn1c(CCNC(=O)OC(C)(C)C)nc2ccc(C(F)(F)F)cc21. The third-order valence-corrected chi connectivity index (χ3v) is 3.49. The van der Waals surface area contributed by atoms with Crippen molar-refractivity contribution in [3.63, 3.8) is 0 Å². The van der Waals surface area contributed by atoms with Crippen LogP contribution in [0.1, 0.15) is 39.1 Å². The first-order valence-electron chi connectivity index (χ1n) is 8.04. The van der Waals surface area contributed by atoms with Gasteiger partial charge in [0.15, 0.2) is 0 Å². The lowest BCUT2D eigenvalue weighted by molar-refractivity contribution is -0.137. The molecule has 0 saturated carbocycles. The predicted molar refractivity (Wildman–Crippen MR) is 88.3 cm³/mol. The number of hydrogen-bond donors (Lipinski definition) is 1. The van der Waals surface area contributed by atoms with E-state index in [9.17, 15) is 18.0 Å². The van der Waals surface area contributed by atoms with Gasteiger partial charge >= 0.3 is 12.3 Å². The zero-order valence-corrected chi connectivity index (χ0v) is 14.7. The highest BCUT2D eigenvalue weighted by Crippen LogP contribution is 2.31. The van der Waals surface area contributed by atoms with Crippen molar-refractivity contribution in [1.29, 1.82) is 0 Å². The van der Waals surface area contributed by atoms with Crippen molar-refractivity contribution < 1.29 is 22.7 Å². The molecule has 8 heteroatoms. The number of imidazole rings is 1. The van der Waals surface area contributed by atoms with Gasteiger partial charge in [-0.05, 0) is 45.9 Å². The van der Waals surface area contributed by atoms with Crippen LogP contribution in [0.25, 0.3) is 11.0 Å². The van der Waals surface area contributed by atoms with E-state index in [1.807, 2.05) is 6.92 Å². The molecule has 0 atom stereocenters. The molecule has 2 aromatic rings. The molecule has 1 aromatic carbocycles. The molecule has 2 rings (SSSR count). The Labute approximate surface area is 144 Å². The summed E-state index contributed by atoms with van der Waals surface area (Å²) in [5.74, 6) is 0.618. The molecule has 0 aliphatic heterocycles. The number of fused-ring (bicyclic) bond motifs is 1. The van der Waals surface area contributed by atoms with E-state index >= 15 is 0 Å². The van der Waals surface area contributed by atoms with E-state index in [-0.39, 0.29) is 6.54 Å². The average Bonchev–Trinajstić information content (AvgIpc) is 2.80. The molecular weight excluding hydrogens is 335 g/mol. The molecule has 0 unspecified atom stereocenters. The van der Waals surface area contributed by atoms with Crippen molar-refractivity contribution in [2.75, 3.05) is 6.54 Å². The van der Waals surface area contributed by atoms with Crippen molar-refractivity contribution in [3.8, 4) is 0 Å². The number of carbonyl (C=O) groups is 1. The Morgan fingerprint density at radius 3 is 2.52 bits per heavy atom. The number of alkyl halides is 3. The topological polar surface area (TPSA) is 56.2 Å². The number of ether oxygens (including phenoxy) is 1. The van der Waals surface area contributed by atoms with Crippen LogP contribution in [0.3, 0.4) is 0 Å². The minimum Gasteiger partial charge on any atom is -0.444 e. The van der Waals surface area contributed by atoms with Gasteiger partial charge < -0.3 is 14.6 Å². The lowest BCUT2D eigenvalue weighted by Crippen LogP contribution is -2.33. The number of aromatic nitrogens is 2. The Kier molecular flexibility index (Phi) is 5.29. The second-order valence-electron chi connectivity index (χ2n) is 6.65. The van der Waals surface area contributed by atoms with Gasteiger partial charge in [-0.3, -0.25) is 0 Å². The van der Waals surface area contributed by atoms with E-state index in [1.54, 1.807) is 25.3 Å². The summed E-state index contributed by atoms with van der Waals surface area (Å²) in [5, 5.41) is 2.62. The molecule has 1 N–H and O–H groups in total. The number of amides is 1. The van der Waals surface area contributed by atoms with E-state index in [0.29, 0.717) is 29.8 Å². The van der Waals surface area contributed by atoms with E-state index < -0.39 is 23.4 Å². The van der Waals surface area contributed by atoms with Crippen LogP contribution in [-0.2, 0) is 23.9 Å². The van der Waals surface area contributed by atoms with Gasteiger partial charge in [-0.1, -0.05) is 0 Å². The van der Waals surface area contributed by atoms with E-state index in [1.165, 1.54) is 6.07 Å². The Morgan fingerprint density at radius 1 is 1.28 bits per heavy atom. The predicted octanol–water partition coefficient (Wildman–Crippen LogP) is 4.14. The Balaban J connectivity index is 2.15. The maximum absolute atomic E-state index is 12.9. The van der Waals surface area contributed by atoms with Crippen LogP contribution in [0, 0.1) is 0 Å². The summed E-state index contributed by atoms with van der Waals surface area (Å²) in [6, 6.07) is 3.50. The number of carbonyl (C=O) groups excluding carboxylic acids is 1. The summed E-state index contributed by atoms with van der Waals surface area (Å²) in [6.07, 6.45) is -4.54. The van der Waals surface area contributed by atoms with E-state index in [0.717, 1.165) is 12.1 Å². The molecule has 0 aliphatic carbocycles. The molecule has 138 valence electrons. The van der Waals surface area contributed by atoms with Gasteiger partial charge in [-0.2, -0.15) is 13.2 Å². The van der Waals surface area contributed by atoms with Crippen LogP contribution in [-0.4, -0.2) is 27.8 Å². The standard InChI is InChI=1S/C17H22F3N3O2/c1-5-23-13-10-11(17(18,19)20)6-7-12(13)22-14(23)8-9-21-15(24)25-16(2,3)4/h6-7,10H,5,8-9H2,1-4H3,(H,21,24). The number of aryl methyl sites for hydroxylation is 1. The zero-order valence-electron chi connectivity index (χ0n) is 14.7. The summed E-state index contributed by atoms with van der Waals surface area (Å²) < 4.78 is 45.5. The number of hydrogen-bond acceptors (Lipinski definition) is 3. The lowest BCUT2D eigenvalue weighted by atomic mass is 10.2. The van der Waals surface area contributed by atoms with Crippen LogP contribution in [0.4, 0.5) is 18.0 Å². The van der Waals surface area contributed by atoms with Gasteiger partial charge in [-0.25, -0.2) is 9.78 Å². The van der Waals surface area contributed by atoms with Gasteiger partial charge in [-0.15, -0.1) is 0 Å². The molecule has 0 bridgehead atoms. The molecular formula is C17H22F3N3O2. The van der Waals surface area contributed by atoms with Gasteiger partial charge in [0.1, 0.15) is 11.4 Å². The number of alkyl carbamates (subject to hydrolysis) is 1. The van der Waals surface area contributed by atoms with E-state index in [2.05, 4.69) is 10.3 Å². The monoisotopic (exact) mass is 357 g/mol. The van der Waals surface area contributed by atoms with Gasteiger partial charge in [0.2, 0.25) is 0 Å². The third-order valence-electron chi connectivity index (χ3n) is 3.49. The Hall–Kier alpha value is -2.25. The first-order chi connectivity index (χ1) is 11.5. The molecule has 0 spiro atoms. The van der Waals surface area contributed by atoms with Crippen molar-refractivity contribution in [3.05, 3.63) is 29.6 Å². The molecule has 0 fully saturated rings. The Bertz CT molecular complexity index is 761. The fourth-order valence-electron chi connectivity index (χ4n) is 2.48. The van der Waals surface area contributed by atoms with Crippen LogP contribution in [0.2, 0.25) is 0 Å². The van der Waals surface area contributed by atoms with Crippen molar-refractivity contribution in [2.45, 2.75) is 52.4 Å². The second-order valence-corrected chi connectivity index (χ2v) is 6.65. The fourth-order valence-corrected chi connectivity index (χ4v) is 2.48. The lowest BCUT2D eigenvalue weighted by Gasteiger charge is -2.19. The summed E-state index contributed by atoms with van der Waals surface area (Å²) in [6.45, 7) is 7.90. The summed E-state index contributed by atoms with van der Waals surface area (Å²) in [4.78, 5) is 16.0. The van der Waals surface area contributed by atoms with Crippen molar-refractivity contribution >= 4 is 17.1 Å². The minimum absolute atomic E-state index is 0.282. The maximum atomic E-state index is 12.9. The first-order valence-corrected chi connectivity index (χ1v) is 8.04. The van der Waals surface area contributed by atoms with E-state index in [4.69, 9.17) is 4.74 Å². The quantitative estimate of drug-likeness (QED) is 0.895. The van der Waals surface area contributed by atoms with Crippen LogP contribution in [0.15, 0.2) is 18.2 Å². The minimum atomic E-state index is -4.39. The average molecular weight is 357 g/mol. The third kappa shape index (κ3) is 4.87. The number of halogens is 3. The van der Waals surface area contributed by atoms with Gasteiger partial charge in [0, 0.05) is 19.5 Å². The number of rotatable bonds is 4. The van der Waals surface area contributed by atoms with Crippen LogP contribution >= 0.6 is 0 Å². The maximum Gasteiger partial charge on any atom is 0.416 e. The zero-order chi connectivity index (χ0) is 18.8. The van der Waals surface area contributed by atoms with Crippen LogP contribution in [0.5, 0.6) is 0 Å². The number of nitrogens with zero attached hydrogens (tertiary/aromatic N) is 2. The highest BCUT2D eigenvalue weighted by Gasteiger charge is 2.31. The number of nitrogens with one attached hydrogen (secondary N) is 1. The summed E-state index contributed by atoms with van der Waals surface area (Å²) >= 11 is 0. The van der Waals surface area contributed by atoms with Gasteiger partial charge in [0.25, 0.3) is 0 Å². The highest BCUT2D eigenvalue weighted by molar-refractivity contribution is 5.77.